The number of amides is 1. The topological polar surface area (TPSA) is 44.4 Å². The fourth-order valence-electron chi connectivity index (χ4n) is 2.45. The van der Waals surface area contributed by atoms with Gasteiger partial charge in [-0.05, 0) is 66.1 Å². The summed E-state index contributed by atoms with van der Waals surface area (Å²) in [6.07, 6.45) is 7.45. The number of hydrogen-bond acceptors (Lipinski definition) is 3. The first kappa shape index (κ1) is 17.0. The zero-order chi connectivity index (χ0) is 15.2. The highest BCUT2D eigenvalue weighted by Gasteiger charge is 2.26. The van der Waals surface area contributed by atoms with Crippen LogP contribution in [0.2, 0.25) is 0 Å². The van der Waals surface area contributed by atoms with Gasteiger partial charge in [0.25, 0.3) is 0 Å². The highest BCUT2D eigenvalue weighted by molar-refractivity contribution is 5.81. The van der Waals surface area contributed by atoms with Gasteiger partial charge >= 0.3 is 0 Å². The first-order valence-corrected chi connectivity index (χ1v) is 7.53. The maximum atomic E-state index is 11.9. The average molecular weight is 279 g/mol. The van der Waals surface area contributed by atoms with E-state index in [1.54, 1.807) is 0 Å². The number of likely N-dealkylation sites (tertiary alicyclic amines) is 1. The number of piperidine rings is 1. The Kier molecular flexibility index (Phi) is 6.51. The molecule has 1 fully saturated rings. The van der Waals surface area contributed by atoms with Crippen molar-refractivity contribution < 1.29 is 4.79 Å². The molecule has 1 atom stereocenters. The molecule has 0 bridgehead atoms. The van der Waals surface area contributed by atoms with E-state index in [0.29, 0.717) is 12.5 Å². The second-order valence-corrected chi connectivity index (χ2v) is 6.71. The van der Waals surface area contributed by atoms with E-state index in [0.717, 1.165) is 32.5 Å². The molecule has 0 spiro atoms. The van der Waals surface area contributed by atoms with E-state index in [9.17, 15) is 4.79 Å². The Morgan fingerprint density at radius 1 is 1.40 bits per heavy atom. The minimum atomic E-state index is -0.0834. The van der Waals surface area contributed by atoms with Gasteiger partial charge in [-0.15, -0.1) is 6.42 Å². The van der Waals surface area contributed by atoms with Crippen molar-refractivity contribution in [3.8, 4) is 12.3 Å². The Hall–Kier alpha value is -1.05. The van der Waals surface area contributed by atoms with Crippen molar-refractivity contribution in [3.05, 3.63) is 0 Å². The molecular formula is C16H29N3O. The third kappa shape index (κ3) is 5.94. The van der Waals surface area contributed by atoms with E-state index in [2.05, 4.69) is 42.2 Å². The average Bonchev–Trinajstić information content (AvgIpc) is 2.41. The van der Waals surface area contributed by atoms with Crippen LogP contribution in [0.25, 0.3) is 0 Å². The van der Waals surface area contributed by atoms with Gasteiger partial charge in [-0.2, -0.15) is 0 Å². The van der Waals surface area contributed by atoms with Gasteiger partial charge in [-0.1, -0.05) is 5.92 Å². The van der Waals surface area contributed by atoms with Crippen LogP contribution in [0.1, 0.15) is 40.5 Å². The van der Waals surface area contributed by atoms with Gasteiger partial charge in [0, 0.05) is 5.54 Å². The van der Waals surface area contributed by atoms with Gasteiger partial charge in [0.2, 0.25) is 5.91 Å². The molecule has 1 aliphatic rings. The van der Waals surface area contributed by atoms with Crippen LogP contribution in [0.5, 0.6) is 0 Å². The van der Waals surface area contributed by atoms with Gasteiger partial charge in [-0.25, -0.2) is 0 Å². The third-order valence-electron chi connectivity index (χ3n) is 3.86. The molecule has 1 heterocycles. The second-order valence-electron chi connectivity index (χ2n) is 6.71. The van der Waals surface area contributed by atoms with Crippen LogP contribution in [0.4, 0.5) is 0 Å². The molecule has 0 aromatic rings. The SMILES string of the molecule is C#CCNC(=O)C(C)N1CCC(CNC(C)(C)C)CC1. The number of carbonyl (C=O) groups is 1. The van der Waals surface area contributed by atoms with Gasteiger partial charge in [-0.3, -0.25) is 9.69 Å². The molecule has 1 rings (SSSR count). The van der Waals surface area contributed by atoms with Crippen molar-refractivity contribution in [1.82, 2.24) is 15.5 Å². The smallest absolute Gasteiger partial charge is 0.237 e. The van der Waals surface area contributed by atoms with Crippen molar-refractivity contribution in [2.24, 2.45) is 5.92 Å². The summed E-state index contributed by atoms with van der Waals surface area (Å²) >= 11 is 0. The Morgan fingerprint density at radius 3 is 2.50 bits per heavy atom. The van der Waals surface area contributed by atoms with Crippen LogP contribution in [0.15, 0.2) is 0 Å². The molecular weight excluding hydrogens is 250 g/mol. The maximum Gasteiger partial charge on any atom is 0.237 e. The summed E-state index contributed by atoms with van der Waals surface area (Å²) in [5.41, 5.74) is 0.180. The third-order valence-corrected chi connectivity index (χ3v) is 3.86. The lowest BCUT2D eigenvalue weighted by atomic mass is 9.94. The van der Waals surface area contributed by atoms with E-state index >= 15 is 0 Å². The molecule has 1 aliphatic heterocycles. The highest BCUT2D eigenvalue weighted by atomic mass is 16.2. The fourth-order valence-corrected chi connectivity index (χ4v) is 2.45. The number of carbonyl (C=O) groups excluding carboxylic acids is 1. The molecule has 0 aromatic carbocycles. The van der Waals surface area contributed by atoms with Gasteiger partial charge in [0.15, 0.2) is 0 Å². The molecule has 2 N–H and O–H groups in total. The van der Waals surface area contributed by atoms with E-state index in [4.69, 9.17) is 6.42 Å². The largest absolute Gasteiger partial charge is 0.344 e. The van der Waals surface area contributed by atoms with Crippen LogP contribution >= 0.6 is 0 Å². The minimum Gasteiger partial charge on any atom is -0.344 e. The van der Waals surface area contributed by atoms with E-state index in [1.807, 2.05) is 6.92 Å². The molecule has 114 valence electrons. The summed E-state index contributed by atoms with van der Waals surface area (Å²) in [6.45, 7) is 11.9. The lowest BCUT2D eigenvalue weighted by molar-refractivity contribution is -0.126. The first-order valence-electron chi connectivity index (χ1n) is 7.53. The number of rotatable bonds is 5. The molecule has 1 unspecified atom stereocenters. The van der Waals surface area contributed by atoms with E-state index in [-0.39, 0.29) is 17.5 Å². The van der Waals surface area contributed by atoms with Crippen molar-refractivity contribution in [1.29, 1.82) is 0 Å². The van der Waals surface area contributed by atoms with Gasteiger partial charge in [0.05, 0.1) is 12.6 Å². The Labute approximate surface area is 123 Å². The second kappa shape index (κ2) is 7.66. The molecule has 0 aliphatic carbocycles. The monoisotopic (exact) mass is 279 g/mol. The van der Waals surface area contributed by atoms with Crippen molar-refractivity contribution in [3.63, 3.8) is 0 Å². The molecule has 1 amide bonds. The van der Waals surface area contributed by atoms with Crippen molar-refractivity contribution in [2.75, 3.05) is 26.2 Å². The fraction of sp³-hybridized carbons (Fsp3) is 0.812. The van der Waals surface area contributed by atoms with Gasteiger partial charge in [0.1, 0.15) is 0 Å². The Balaban J connectivity index is 2.31. The quantitative estimate of drug-likeness (QED) is 0.744. The minimum absolute atomic E-state index is 0.0363. The van der Waals surface area contributed by atoms with Crippen LogP contribution in [0, 0.1) is 18.3 Å². The number of terminal acetylenes is 1. The number of nitrogens with one attached hydrogen (secondary N) is 2. The summed E-state index contributed by atoms with van der Waals surface area (Å²) in [6, 6.07) is -0.0834. The standard InChI is InChI=1S/C16H29N3O/c1-6-9-17-15(20)13(2)19-10-7-14(8-11-19)12-18-16(3,4)5/h1,13-14,18H,7-12H2,2-5H3,(H,17,20). The summed E-state index contributed by atoms with van der Waals surface area (Å²) in [5.74, 6) is 3.19. The lowest BCUT2D eigenvalue weighted by Gasteiger charge is -2.36. The zero-order valence-electron chi connectivity index (χ0n) is 13.3. The van der Waals surface area contributed by atoms with Crippen molar-refractivity contribution in [2.45, 2.75) is 52.1 Å². The van der Waals surface area contributed by atoms with Crippen LogP contribution < -0.4 is 10.6 Å². The molecule has 0 aromatic heterocycles. The molecule has 4 heteroatoms. The molecule has 0 saturated carbocycles. The Bertz CT molecular complexity index is 346. The van der Waals surface area contributed by atoms with Gasteiger partial charge < -0.3 is 10.6 Å². The van der Waals surface area contributed by atoms with Crippen LogP contribution in [0.3, 0.4) is 0 Å². The van der Waals surface area contributed by atoms with Crippen LogP contribution in [-0.4, -0.2) is 48.6 Å². The normalized spacial score (nSPS) is 19.4. The predicted octanol–water partition coefficient (Wildman–Crippen LogP) is 1.22. The van der Waals surface area contributed by atoms with Crippen molar-refractivity contribution >= 4 is 5.91 Å². The van der Waals surface area contributed by atoms with E-state index in [1.165, 1.54) is 0 Å². The molecule has 0 radical (unpaired) electrons. The lowest BCUT2D eigenvalue weighted by Crippen LogP contribution is -2.49. The van der Waals surface area contributed by atoms with E-state index < -0.39 is 0 Å². The maximum absolute atomic E-state index is 11.9. The van der Waals surface area contributed by atoms with Crippen LogP contribution in [-0.2, 0) is 4.79 Å². The highest BCUT2D eigenvalue weighted by Crippen LogP contribution is 2.19. The molecule has 20 heavy (non-hydrogen) atoms. The summed E-state index contributed by atoms with van der Waals surface area (Å²) in [4.78, 5) is 14.1. The summed E-state index contributed by atoms with van der Waals surface area (Å²) in [7, 11) is 0. The Morgan fingerprint density at radius 2 is 2.00 bits per heavy atom. The molecule has 4 nitrogen and oxygen atoms in total. The zero-order valence-corrected chi connectivity index (χ0v) is 13.3. The number of hydrogen-bond donors (Lipinski definition) is 2. The summed E-state index contributed by atoms with van der Waals surface area (Å²) < 4.78 is 0. The first-order chi connectivity index (χ1) is 9.33. The predicted molar refractivity (Wildman–Crippen MR) is 83.4 cm³/mol. The summed E-state index contributed by atoms with van der Waals surface area (Å²) in [5, 5.41) is 6.32. The number of nitrogens with zero attached hydrogens (tertiary/aromatic N) is 1. The molecule has 1 saturated heterocycles.